The molecule has 1 aliphatic carbocycles. The number of thiophene rings is 1. The minimum atomic E-state index is -0.477. The quantitative estimate of drug-likeness (QED) is 0.926. The van der Waals surface area contributed by atoms with Crippen molar-refractivity contribution < 1.29 is 14.6 Å². The molecule has 2 atom stereocenters. The van der Waals surface area contributed by atoms with Crippen molar-refractivity contribution in [2.24, 2.45) is 0 Å². The van der Waals surface area contributed by atoms with Crippen LogP contribution >= 0.6 is 11.3 Å². The van der Waals surface area contributed by atoms with Crippen molar-refractivity contribution in [3.8, 4) is 5.88 Å². The lowest BCUT2D eigenvalue weighted by Gasteiger charge is -2.28. The second kappa shape index (κ2) is 6.53. The van der Waals surface area contributed by atoms with Crippen LogP contribution in [0.15, 0.2) is 29.8 Å². The standard InChI is InChI=1S/C18H20N2O3S/c21-14-5-1-2-6-15(14)23-17-16-12(7-8-19-17)10-20(18(16)22)11-13-4-3-9-24-13/h3-4,7-9,14-15,21H,1-2,5-6,10-11H2/t14-,15-/m0/s1. The van der Waals surface area contributed by atoms with Gasteiger partial charge in [0.1, 0.15) is 11.7 Å². The van der Waals surface area contributed by atoms with Crippen LogP contribution < -0.4 is 4.74 Å². The van der Waals surface area contributed by atoms with Crippen LogP contribution in [0.4, 0.5) is 0 Å². The topological polar surface area (TPSA) is 62.7 Å². The fourth-order valence-corrected chi connectivity index (χ4v) is 4.16. The Kier molecular flexibility index (Phi) is 4.24. The van der Waals surface area contributed by atoms with Gasteiger partial charge in [0.2, 0.25) is 5.88 Å². The van der Waals surface area contributed by atoms with Gasteiger partial charge in [0.25, 0.3) is 5.91 Å². The summed E-state index contributed by atoms with van der Waals surface area (Å²) >= 11 is 1.65. The molecule has 3 heterocycles. The van der Waals surface area contributed by atoms with Crippen molar-refractivity contribution in [2.45, 2.75) is 51.0 Å². The highest BCUT2D eigenvalue weighted by atomic mass is 32.1. The summed E-state index contributed by atoms with van der Waals surface area (Å²) < 4.78 is 5.96. The number of fused-ring (bicyclic) bond motifs is 1. The van der Waals surface area contributed by atoms with Gasteiger partial charge in [0.15, 0.2) is 0 Å². The molecule has 2 aromatic heterocycles. The number of aliphatic hydroxyl groups is 1. The van der Waals surface area contributed by atoms with Crippen molar-refractivity contribution in [3.05, 3.63) is 45.8 Å². The Labute approximate surface area is 144 Å². The third kappa shape index (κ3) is 2.91. The predicted octanol–water partition coefficient (Wildman–Crippen LogP) is 2.98. The van der Waals surface area contributed by atoms with Crippen LogP contribution in [0.1, 0.15) is 46.5 Å². The van der Waals surface area contributed by atoms with Crippen molar-refractivity contribution in [1.29, 1.82) is 0 Å². The summed E-state index contributed by atoms with van der Waals surface area (Å²) in [4.78, 5) is 20.1. The maximum Gasteiger partial charge on any atom is 0.260 e. The molecule has 0 radical (unpaired) electrons. The van der Waals surface area contributed by atoms with Crippen LogP contribution in [0.3, 0.4) is 0 Å². The molecule has 4 rings (SSSR count). The van der Waals surface area contributed by atoms with Gasteiger partial charge in [-0.2, -0.15) is 0 Å². The lowest BCUT2D eigenvalue weighted by Crippen LogP contribution is -2.35. The monoisotopic (exact) mass is 344 g/mol. The summed E-state index contributed by atoms with van der Waals surface area (Å²) in [7, 11) is 0. The van der Waals surface area contributed by atoms with Gasteiger partial charge in [-0.1, -0.05) is 12.5 Å². The molecule has 1 fully saturated rings. The number of carbonyl (C=O) groups is 1. The normalized spacial score (nSPS) is 23.4. The number of hydrogen-bond acceptors (Lipinski definition) is 5. The Morgan fingerprint density at radius 2 is 2.21 bits per heavy atom. The molecule has 0 unspecified atom stereocenters. The smallest absolute Gasteiger partial charge is 0.260 e. The van der Waals surface area contributed by atoms with Gasteiger partial charge in [-0.3, -0.25) is 4.79 Å². The number of ether oxygens (including phenoxy) is 1. The first kappa shape index (κ1) is 15.6. The lowest BCUT2D eigenvalue weighted by atomic mass is 9.95. The van der Waals surface area contributed by atoms with Crippen molar-refractivity contribution in [2.75, 3.05) is 0 Å². The van der Waals surface area contributed by atoms with E-state index in [1.54, 1.807) is 17.5 Å². The number of carbonyl (C=O) groups excluding carboxylic acids is 1. The average molecular weight is 344 g/mol. The van der Waals surface area contributed by atoms with E-state index in [0.29, 0.717) is 24.5 Å². The molecular weight excluding hydrogens is 324 g/mol. The van der Waals surface area contributed by atoms with Gasteiger partial charge >= 0.3 is 0 Å². The maximum atomic E-state index is 12.8. The van der Waals surface area contributed by atoms with E-state index in [9.17, 15) is 9.90 Å². The fraction of sp³-hybridized carbons (Fsp3) is 0.444. The summed E-state index contributed by atoms with van der Waals surface area (Å²) in [6.45, 7) is 1.19. The first-order valence-electron chi connectivity index (χ1n) is 8.36. The summed E-state index contributed by atoms with van der Waals surface area (Å²) in [5.74, 6) is 0.337. The highest BCUT2D eigenvalue weighted by Gasteiger charge is 2.34. The van der Waals surface area contributed by atoms with Crippen LogP contribution in [0.2, 0.25) is 0 Å². The van der Waals surface area contributed by atoms with Crippen molar-refractivity contribution in [1.82, 2.24) is 9.88 Å². The number of rotatable bonds is 4. The van der Waals surface area contributed by atoms with E-state index in [0.717, 1.165) is 36.1 Å². The summed E-state index contributed by atoms with van der Waals surface area (Å²) in [6, 6.07) is 5.91. The van der Waals surface area contributed by atoms with E-state index >= 15 is 0 Å². The van der Waals surface area contributed by atoms with E-state index < -0.39 is 6.10 Å². The van der Waals surface area contributed by atoms with Gasteiger partial charge in [-0.15, -0.1) is 11.3 Å². The molecule has 6 heteroatoms. The highest BCUT2D eigenvalue weighted by molar-refractivity contribution is 7.09. The fourth-order valence-electron chi connectivity index (χ4n) is 3.44. The zero-order valence-corrected chi connectivity index (χ0v) is 14.2. The van der Waals surface area contributed by atoms with Crippen LogP contribution in [0.25, 0.3) is 0 Å². The van der Waals surface area contributed by atoms with E-state index in [2.05, 4.69) is 4.98 Å². The molecule has 24 heavy (non-hydrogen) atoms. The Balaban J connectivity index is 1.55. The van der Waals surface area contributed by atoms with Gasteiger partial charge in [-0.25, -0.2) is 4.98 Å². The summed E-state index contributed by atoms with van der Waals surface area (Å²) in [5.41, 5.74) is 1.51. The molecule has 0 aromatic carbocycles. The molecule has 1 aliphatic heterocycles. The number of pyridine rings is 1. The zero-order chi connectivity index (χ0) is 16.5. The summed E-state index contributed by atoms with van der Waals surface area (Å²) in [6.07, 6.45) is 4.56. The van der Waals surface area contributed by atoms with Crippen molar-refractivity contribution in [3.63, 3.8) is 0 Å². The van der Waals surface area contributed by atoms with Crippen LogP contribution in [0, 0.1) is 0 Å². The Morgan fingerprint density at radius 3 is 3.00 bits per heavy atom. The number of amides is 1. The second-order valence-electron chi connectivity index (χ2n) is 6.40. The molecule has 2 aromatic rings. The first-order valence-corrected chi connectivity index (χ1v) is 9.24. The maximum absolute atomic E-state index is 12.8. The Hall–Kier alpha value is -1.92. The number of aromatic nitrogens is 1. The van der Waals surface area contributed by atoms with E-state index in [1.807, 2.05) is 28.5 Å². The van der Waals surface area contributed by atoms with E-state index in [4.69, 9.17) is 4.74 Å². The van der Waals surface area contributed by atoms with Gasteiger partial charge in [-0.05, 0) is 42.3 Å². The molecule has 1 amide bonds. The molecular formula is C18H20N2O3S. The van der Waals surface area contributed by atoms with Gasteiger partial charge < -0.3 is 14.7 Å². The highest BCUT2D eigenvalue weighted by Crippen LogP contribution is 2.33. The molecule has 2 aliphatic rings. The summed E-state index contributed by atoms with van der Waals surface area (Å²) in [5, 5.41) is 12.1. The van der Waals surface area contributed by atoms with E-state index in [1.165, 1.54) is 0 Å². The molecule has 126 valence electrons. The Morgan fingerprint density at radius 1 is 1.33 bits per heavy atom. The van der Waals surface area contributed by atoms with Crippen LogP contribution in [-0.2, 0) is 13.1 Å². The SMILES string of the molecule is O=C1c2c(ccnc2O[C@H]2CCCC[C@@H]2O)CN1Cc1cccs1. The molecule has 5 nitrogen and oxygen atoms in total. The largest absolute Gasteiger partial charge is 0.471 e. The van der Waals surface area contributed by atoms with E-state index in [-0.39, 0.29) is 12.0 Å². The average Bonchev–Trinajstić information content (AvgIpc) is 3.19. The third-order valence-corrected chi connectivity index (χ3v) is 5.58. The molecule has 0 saturated heterocycles. The second-order valence-corrected chi connectivity index (χ2v) is 7.43. The van der Waals surface area contributed by atoms with Crippen molar-refractivity contribution >= 4 is 17.2 Å². The Bertz CT molecular complexity index is 732. The molecule has 1 saturated carbocycles. The zero-order valence-electron chi connectivity index (χ0n) is 13.4. The molecule has 0 bridgehead atoms. The van der Waals surface area contributed by atoms with Crippen LogP contribution in [-0.4, -0.2) is 33.1 Å². The number of nitrogens with zero attached hydrogens (tertiary/aromatic N) is 2. The first-order chi connectivity index (χ1) is 11.7. The number of hydrogen-bond donors (Lipinski definition) is 1. The predicted molar refractivity (Wildman–Crippen MR) is 91.0 cm³/mol. The van der Waals surface area contributed by atoms with Gasteiger partial charge in [0, 0.05) is 17.6 Å². The van der Waals surface area contributed by atoms with Gasteiger partial charge in [0.05, 0.1) is 12.6 Å². The van der Waals surface area contributed by atoms with Crippen LogP contribution in [0.5, 0.6) is 5.88 Å². The number of aliphatic hydroxyl groups excluding tert-OH is 1. The minimum Gasteiger partial charge on any atom is -0.471 e. The molecule has 0 spiro atoms. The lowest BCUT2D eigenvalue weighted by molar-refractivity contribution is 0.00397. The minimum absolute atomic E-state index is 0.0354. The third-order valence-electron chi connectivity index (χ3n) is 4.72. The molecule has 1 N–H and O–H groups in total.